The second kappa shape index (κ2) is 8.09. The maximum absolute atomic E-state index is 13.5. The van der Waals surface area contributed by atoms with E-state index in [1.54, 1.807) is 18.2 Å². The summed E-state index contributed by atoms with van der Waals surface area (Å²) in [6.07, 6.45) is 0.720. The van der Waals surface area contributed by atoms with E-state index in [9.17, 15) is 13.6 Å². The van der Waals surface area contributed by atoms with Crippen molar-refractivity contribution in [1.82, 2.24) is 10.6 Å². The van der Waals surface area contributed by atoms with Gasteiger partial charge in [-0.05, 0) is 58.7 Å². The van der Waals surface area contributed by atoms with E-state index in [-0.39, 0.29) is 36.0 Å². The molecule has 2 N–H and O–H groups in total. The summed E-state index contributed by atoms with van der Waals surface area (Å²) in [5.41, 5.74) is 0.677. The molecule has 2 unspecified atom stereocenters. The lowest BCUT2D eigenvalue weighted by molar-refractivity contribution is 0.0895. The Labute approximate surface area is 152 Å². The molecular formula is C16H16BrClF2N2O2. The van der Waals surface area contributed by atoms with Gasteiger partial charge in [-0.1, -0.05) is 6.07 Å². The van der Waals surface area contributed by atoms with Crippen molar-refractivity contribution in [3.63, 3.8) is 0 Å². The van der Waals surface area contributed by atoms with E-state index < -0.39 is 11.6 Å². The zero-order valence-corrected chi connectivity index (χ0v) is 14.9. The van der Waals surface area contributed by atoms with Gasteiger partial charge in [0.15, 0.2) is 22.1 Å². The Kier molecular flexibility index (Phi) is 6.37. The molecule has 0 spiro atoms. The second-order valence-electron chi connectivity index (χ2n) is 5.46. The molecule has 24 heavy (non-hydrogen) atoms. The van der Waals surface area contributed by atoms with Gasteiger partial charge in [0.1, 0.15) is 0 Å². The SMILES string of the molecule is Cl.O=C(NC1CNCCC1c1ccc(F)c(F)c1)c1ccc(Br)o1. The fraction of sp³-hybridized carbons (Fsp3) is 0.312. The lowest BCUT2D eigenvalue weighted by atomic mass is 9.86. The van der Waals surface area contributed by atoms with Crippen LogP contribution >= 0.6 is 28.3 Å². The van der Waals surface area contributed by atoms with E-state index in [2.05, 4.69) is 26.6 Å². The third kappa shape index (κ3) is 4.15. The van der Waals surface area contributed by atoms with Gasteiger partial charge in [0.2, 0.25) is 0 Å². The highest BCUT2D eigenvalue weighted by Gasteiger charge is 2.29. The Morgan fingerprint density at radius 2 is 2.04 bits per heavy atom. The van der Waals surface area contributed by atoms with Crippen LogP contribution in [0.15, 0.2) is 39.4 Å². The van der Waals surface area contributed by atoms with Gasteiger partial charge >= 0.3 is 0 Å². The number of hydrogen-bond donors (Lipinski definition) is 2. The van der Waals surface area contributed by atoms with Crippen LogP contribution in [0.1, 0.15) is 28.5 Å². The molecule has 1 aliphatic rings. The maximum atomic E-state index is 13.5. The predicted octanol–water partition coefficient (Wildman–Crippen LogP) is 3.62. The van der Waals surface area contributed by atoms with Crippen LogP contribution in [0.3, 0.4) is 0 Å². The van der Waals surface area contributed by atoms with Gasteiger partial charge in [-0.25, -0.2) is 8.78 Å². The van der Waals surface area contributed by atoms with Crippen molar-refractivity contribution >= 4 is 34.2 Å². The molecular weight excluding hydrogens is 406 g/mol. The number of carbonyl (C=O) groups excluding carboxylic acids is 1. The summed E-state index contributed by atoms with van der Waals surface area (Å²) in [5.74, 6) is -1.97. The Balaban J connectivity index is 0.00000208. The third-order valence-corrected chi connectivity index (χ3v) is 4.39. The summed E-state index contributed by atoms with van der Waals surface area (Å²) in [5, 5.41) is 6.10. The number of piperidine rings is 1. The van der Waals surface area contributed by atoms with Gasteiger partial charge in [-0.2, -0.15) is 0 Å². The monoisotopic (exact) mass is 420 g/mol. The number of carbonyl (C=O) groups is 1. The van der Waals surface area contributed by atoms with Crippen LogP contribution in [0.5, 0.6) is 0 Å². The molecule has 4 nitrogen and oxygen atoms in total. The van der Waals surface area contributed by atoms with Crippen LogP contribution in [0, 0.1) is 11.6 Å². The minimum absolute atomic E-state index is 0. The van der Waals surface area contributed by atoms with E-state index in [1.807, 2.05) is 0 Å². The van der Waals surface area contributed by atoms with E-state index in [4.69, 9.17) is 4.42 Å². The van der Waals surface area contributed by atoms with Crippen molar-refractivity contribution in [2.24, 2.45) is 0 Å². The molecule has 1 saturated heterocycles. The molecule has 8 heteroatoms. The van der Waals surface area contributed by atoms with Crippen LogP contribution in [-0.4, -0.2) is 25.0 Å². The van der Waals surface area contributed by atoms with Crippen molar-refractivity contribution in [1.29, 1.82) is 0 Å². The normalized spacial score (nSPS) is 20.3. The molecule has 1 aliphatic heterocycles. The number of halogens is 4. The van der Waals surface area contributed by atoms with Crippen LogP contribution in [-0.2, 0) is 0 Å². The van der Waals surface area contributed by atoms with Crippen LogP contribution in [0.4, 0.5) is 8.78 Å². The molecule has 0 bridgehead atoms. The average Bonchev–Trinajstić information content (AvgIpc) is 2.97. The Morgan fingerprint density at radius 1 is 1.25 bits per heavy atom. The largest absolute Gasteiger partial charge is 0.444 e. The molecule has 2 heterocycles. The van der Waals surface area contributed by atoms with Crippen molar-refractivity contribution in [3.05, 3.63) is 58.0 Å². The van der Waals surface area contributed by atoms with E-state index in [0.717, 1.165) is 19.0 Å². The van der Waals surface area contributed by atoms with Crippen molar-refractivity contribution in [2.45, 2.75) is 18.4 Å². The van der Waals surface area contributed by atoms with Crippen LogP contribution < -0.4 is 10.6 Å². The topological polar surface area (TPSA) is 54.3 Å². The van der Waals surface area contributed by atoms with Gasteiger partial charge in [0, 0.05) is 18.5 Å². The van der Waals surface area contributed by atoms with Gasteiger partial charge in [0.05, 0.1) is 0 Å². The molecule has 1 fully saturated rings. The van der Waals surface area contributed by atoms with Crippen molar-refractivity contribution < 1.29 is 18.0 Å². The minimum Gasteiger partial charge on any atom is -0.444 e. The predicted molar refractivity (Wildman–Crippen MR) is 91.5 cm³/mol. The van der Waals surface area contributed by atoms with Crippen molar-refractivity contribution in [3.8, 4) is 0 Å². The number of furan rings is 1. The van der Waals surface area contributed by atoms with Crippen LogP contribution in [0.2, 0.25) is 0 Å². The second-order valence-corrected chi connectivity index (χ2v) is 6.24. The summed E-state index contributed by atoms with van der Waals surface area (Å²) in [7, 11) is 0. The fourth-order valence-corrected chi connectivity index (χ4v) is 3.13. The summed E-state index contributed by atoms with van der Waals surface area (Å²) in [6, 6.07) is 6.87. The van der Waals surface area contributed by atoms with Crippen molar-refractivity contribution in [2.75, 3.05) is 13.1 Å². The zero-order valence-electron chi connectivity index (χ0n) is 12.5. The Bertz CT molecular complexity index is 726. The molecule has 130 valence electrons. The van der Waals surface area contributed by atoms with Gasteiger partial charge in [-0.3, -0.25) is 4.79 Å². The standard InChI is InChI=1S/C16H15BrF2N2O2.ClH/c17-15-4-3-14(23-15)16(22)21-13-8-20-6-5-10(13)9-1-2-11(18)12(19)7-9;/h1-4,7,10,13,20H,5-6,8H2,(H,21,22);1H. The molecule has 0 radical (unpaired) electrons. The van der Waals surface area contributed by atoms with Gasteiger partial charge in [-0.15, -0.1) is 12.4 Å². The highest BCUT2D eigenvalue weighted by molar-refractivity contribution is 9.10. The fourth-order valence-electron chi connectivity index (χ4n) is 2.83. The number of hydrogen-bond acceptors (Lipinski definition) is 3. The highest BCUT2D eigenvalue weighted by Crippen LogP contribution is 2.27. The first-order chi connectivity index (χ1) is 11.0. The first-order valence-corrected chi connectivity index (χ1v) is 8.06. The van der Waals surface area contributed by atoms with E-state index in [0.29, 0.717) is 16.8 Å². The third-order valence-electron chi connectivity index (χ3n) is 3.97. The minimum atomic E-state index is -0.874. The molecule has 2 aromatic rings. The molecule has 3 rings (SSSR count). The Hall–Kier alpha value is -1.44. The number of benzene rings is 1. The van der Waals surface area contributed by atoms with Gasteiger partial charge < -0.3 is 15.1 Å². The summed E-state index contributed by atoms with van der Waals surface area (Å²) in [6.45, 7) is 1.31. The lowest BCUT2D eigenvalue weighted by Gasteiger charge is -2.33. The molecule has 0 aliphatic carbocycles. The lowest BCUT2D eigenvalue weighted by Crippen LogP contribution is -2.50. The first-order valence-electron chi connectivity index (χ1n) is 7.26. The number of rotatable bonds is 3. The summed E-state index contributed by atoms with van der Waals surface area (Å²) >= 11 is 3.15. The maximum Gasteiger partial charge on any atom is 0.287 e. The quantitative estimate of drug-likeness (QED) is 0.796. The smallest absolute Gasteiger partial charge is 0.287 e. The molecule has 1 aromatic heterocycles. The number of nitrogens with one attached hydrogen (secondary N) is 2. The summed E-state index contributed by atoms with van der Waals surface area (Å²) < 4.78 is 32.3. The number of amides is 1. The molecule has 1 aromatic carbocycles. The van der Waals surface area contributed by atoms with E-state index in [1.165, 1.54) is 6.07 Å². The average molecular weight is 422 g/mol. The molecule has 1 amide bonds. The Morgan fingerprint density at radius 3 is 2.71 bits per heavy atom. The highest BCUT2D eigenvalue weighted by atomic mass is 79.9. The van der Waals surface area contributed by atoms with Crippen LogP contribution in [0.25, 0.3) is 0 Å². The van der Waals surface area contributed by atoms with E-state index >= 15 is 0 Å². The summed E-state index contributed by atoms with van der Waals surface area (Å²) in [4.78, 5) is 12.2. The van der Waals surface area contributed by atoms with Gasteiger partial charge in [0.25, 0.3) is 5.91 Å². The first kappa shape index (κ1) is 18.9. The zero-order chi connectivity index (χ0) is 16.4. The molecule has 0 saturated carbocycles. The molecule has 2 atom stereocenters.